The molecule has 0 fully saturated rings. The van der Waals surface area contributed by atoms with Crippen molar-refractivity contribution in [3.8, 4) is 28.3 Å². The van der Waals surface area contributed by atoms with Crippen molar-refractivity contribution < 1.29 is 14.1 Å². The molecule has 0 aliphatic heterocycles. The van der Waals surface area contributed by atoms with Crippen LogP contribution in [0.1, 0.15) is 16.2 Å². The second-order valence-corrected chi connectivity index (χ2v) is 6.33. The Hall–Kier alpha value is -3.93. The lowest BCUT2D eigenvalue weighted by Crippen LogP contribution is -2.23. The number of benzene rings is 3. The van der Waals surface area contributed by atoms with Gasteiger partial charge in [-0.2, -0.15) is 4.98 Å². The number of aromatic nitrogens is 2. The first-order chi connectivity index (χ1) is 14.2. The maximum absolute atomic E-state index is 12.7. The van der Waals surface area contributed by atoms with E-state index in [0.717, 1.165) is 22.4 Å². The molecule has 1 heterocycles. The van der Waals surface area contributed by atoms with Gasteiger partial charge in [-0.3, -0.25) is 4.79 Å². The van der Waals surface area contributed by atoms with E-state index in [2.05, 4.69) is 15.5 Å². The average molecular weight is 385 g/mol. The number of nitrogens with zero attached hydrogens (tertiary/aromatic N) is 2. The predicted octanol–water partition coefficient (Wildman–Crippen LogP) is 4.34. The van der Waals surface area contributed by atoms with E-state index in [1.807, 2.05) is 72.8 Å². The monoisotopic (exact) mass is 385 g/mol. The first kappa shape index (κ1) is 18.4. The number of hydrogen-bond acceptors (Lipinski definition) is 5. The van der Waals surface area contributed by atoms with Crippen LogP contribution in [0.2, 0.25) is 0 Å². The molecule has 144 valence electrons. The Kier molecular flexibility index (Phi) is 5.33. The van der Waals surface area contributed by atoms with E-state index in [-0.39, 0.29) is 12.5 Å². The van der Waals surface area contributed by atoms with E-state index in [1.54, 1.807) is 13.2 Å². The lowest BCUT2D eigenvalue weighted by molar-refractivity contribution is 0.0947. The Morgan fingerprint density at radius 3 is 2.41 bits per heavy atom. The van der Waals surface area contributed by atoms with Crippen molar-refractivity contribution >= 4 is 5.91 Å². The number of carbonyl (C=O) groups excluding carboxylic acids is 1. The molecule has 6 heteroatoms. The first-order valence-electron chi connectivity index (χ1n) is 9.14. The largest absolute Gasteiger partial charge is 0.497 e. The molecule has 0 saturated carbocycles. The molecule has 0 saturated heterocycles. The summed E-state index contributed by atoms with van der Waals surface area (Å²) in [5, 5.41) is 6.83. The SMILES string of the molecule is COc1ccc(-c2noc(CNC(=O)c3ccccc3-c3ccccc3)n2)cc1. The highest BCUT2D eigenvalue weighted by molar-refractivity contribution is 6.00. The Balaban J connectivity index is 1.46. The quantitative estimate of drug-likeness (QED) is 0.534. The van der Waals surface area contributed by atoms with Gasteiger partial charge in [-0.05, 0) is 41.5 Å². The van der Waals surface area contributed by atoms with Gasteiger partial charge >= 0.3 is 0 Å². The predicted molar refractivity (Wildman–Crippen MR) is 109 cm³/mol. The van der Waals surface area contributed by atoms with Gasteiger partial charge in [0.15, 0.2) is 0 Å². The Bertz CT molecular complexity index is 1110. The third kappa shape index (κ3) is 4.16. The maximum atomic E-state index is 12.7. The highest BCUT2D eigenvalue weighted by Gasteiger charge is 2.14. The zero-order valence-electron chi connectivity index (χ0n) is 15.8. The molecule has 0 aliphatic rings. The van der Waals surface area contributed by atoms with Crippen LogP contribution in [0, 0.1) is 0 Å². The van der Waals surface area contributed by atoms with Crippen LogP contribution in [0.5, 0.6) is 5.75 Å². The van der Waals surface area contributed by atoms with Crippen LogP contribution in [0.3, 0.4) is 0 Å². The minimum Gasteiger partial charge on any atom is -0.497 e. The van der Waals surface area contributed by atoms with Crippen molar-refractivity contribution in [2.75, 3.05) is 7.11 Å². The number of methoxy groups -OCH3 is 1. The average Bonchev–Trinajstić information content (AvgIpc) is 3.27. The van der Waals surface area contributed by atoms with Gasteiger partial charge in [-0.1, -0.05) is 53.7 Å². The summed E-state index contributed by atoms with van der Waals surface area (Å²) in [4.78, 5) is 17.1. The van der Waals surface area contributed by atoms with E-state index in [0.29, 0.717) is 17.3 Å². The fourth-order valence-electron chi connectivity index (χ4n) is 2.99. The van der Waals surface area contributed by atoms with Crippen LogP contribution < -0.4 is 10.1 Å². The minimum atomic E-state index is -0.200. The summed E-state index contributed by atoms with van der Waals surface area (Å²) in [7, 11) is 1.61. The van der Waals surface area contributed by atoms with Crippen molar-refractivity contribution in [3.63, 3.8) is 0 Å². The maximum Gasteiger partial charge on any atom is 0.252 e. The number of hydrogen-bond donors (Lipinski definition) is 1. The van der Waals surface area contributed by atoms with Crippen molar-refractivity contribution in [1.82, 2.24) is 15.5 Å². The van der Waals surface area contributed by atoms with Gasteiger partial charge in [0.1, 0.15) is 5.75 Å². The molecule has 3 aromatic carbocycles. The topological polar surface area (TPSA) is 77.3 Å². The molecule has 29 heavy (non-hydrogen) atoms. The van der Waals surface area contributed by atoms with Crippen molar-refractivity contribution in [1.29, 1.82) is 0 Å². The number of ether oxygens (including phenoxy) is 1. The van der Waals surface area contributed by atoms with E-state index < -0.39 is 0 Å². The Morgan fingerprint density at radius 2 is 1.66 bits per heavy atom. The van der Waals surface area contributed by atoms with Crippen molar-refractivity contribution in [3.05, 3.63) is 90.3 Å². The summed E-state index contributed by atoms with van der Waals surface area (Å²) < 4.78 is 10.4. The summed E-state index contributed by atoms with van der Waals surface area (Å²) in [5.41, 5.74) is 3.25. The standard InChI is InChI=1S/C23H19N3O3/c1-28-18-13-11-17(12-14-18)22-25-21(29-26-22)15-24-23(27)20-10-6-5-9-19(20)16-7-3-2-4-8-16/h2-14H,15H2,1H3,(H,24,27). The smallest absolute Gasteiger partial charge is 0.252 e. The van der Waals surface area contributed by atoms with Gasteiger partial charge < -0.3 is 14.6 Å². The van der Waals surface area contributed by atoms with Crippen LogP contribution in [0.25, 0.3) is 22.5 Å². The molecule has 0 bridgehead atoms. The van der Waals surface area contributed by atoms with Gasteiger partial charge in [-0.15, -0.1) is 0 Å². The molecule has 1 aromatic heterocycles. The van der Waals surface area contributed by atoms with E-state index in [1.165, 1.54) is 0 Å². The van der Waals surface area contributed by atoms with Gasteiger partial charge in [-0.25, -0.2) is 0 Å². The lowest BCUT2D eigenvalue weighted by Gasteiger charge is -2.09. The Morgan fingerprint density at radius 1 is 0.931 bits per heavy atom. The second kappa shape index (κ2) is 8.39. The van der Waals surface area contributed by atoms with Crippen LogP contribution in [0.4, 0.5) is 0 Å². The molecular weight excluding hydrogens is 366 g/mol. The molecule has 0 unspecified atom stereocenters. The third-order valence-corrected chi connectivity index (χ3v) is 4.47. The van der Waals surface area contributed by atoms with Gasteiger partial charge in [0, 0.05) is 11.1 Å². The van der Waals surface area contributed by atoms with Crippen LogP contribution in [-0.4, -0.2) is 23.2 Å². The fourth-order valence-corrected chi connectivity index (χ4v) is 2.99. The Labute approximate surface area is 168 Å². The molecular formula is C23H19N3O3. The molecule has 4 rings (SSSR count). The molecule has 1 amide bonds. The summed E-state index contributed by atoms with van der Waals surface area (Å²) >= 11 is 0. The minimum absolute atomic E-state index is 0.144. The summed E-state index contributed by atoms with van der Waals surface area (Å²) in [6.07, 6.45) is 0. The molecule has 0 spiro atoms. The third-order valence-electron chi connectivity index (χ3n) is 4.47. The second-order valence-electron chi connectivity index (χ2n) is 6.33. The zero-order chi connectivity index (χ0) is 20.1. The molecule has 0 aliphatic carbocycles. The fraction of sp³-hybridized carbons (Fsp3) is 0.0870. The normalized spacial score (nSPS) is 10.5. The van der Waals surface area contributed by atoms with Gasteiger partial charge in [0.25, 0.3) is 5.91 Å². The van der Waals surface area contributed by atoms with Crippen molar-refractivity contribution in [2.45, 2.75) is 6.54 Å². The summed E-state index contributed by atoms with van der Waals surface area (Å²) in [6, 6.07) is 24.6. The molecule has 0 radical (unpaired) electrons. The highest BCUT2D eigenvalue weighted by atomic mass is 16.5. The molecule has 1 N–H and O–H groups in total. The van der Waals surface area contributed by atoms with Crippen LogP contribution in [-0.2, 0) is 6.54 Å². The van der Waals surface area contributed by atoms with Crippen molar-refractivity contribution in [2.24, 2.45) is 0 Å². The molecule has 6 nitrogen and oxygen atoms in total. The number of amides is 1. The van der Waals surface area contributed by atoms with E-state index in [9.17, 15) is 4.79 Å². The molecule has 0 atom stereocenters. The summed E-state index contributed by atoms with van der Waals surface area (Å²) in [5.74, 6) is 1.35. The zero-order valence-corrected chi connectivity index (χ0v) is 15.8. The number of carbonyl (C=O) groups is 1. The van der Waals surface area contributed by atoms with E-state index >= 15 is 0 Å². The molecule has 4 aromatic rings. The summed E-state index contributed by atoms with van der Waals surface area (Å²) in [6.45, 7) is 0.144. The van der Waals surface area contributed by atoms with Crippen LogP contribution >= 0.6 is 0 Å². The van der Waals surface area contributed by atoms with Gasteiger partial charge in [0.2, 0.25) is 11.7 Å². The lowest BCUT2D eigenvalue weighted by atomic mass is 9.99. The highest BCUT2D eigenvalue weighted by Crippen LogP contribution is 2.23. The van der Waals surface area contributed by atoms with Gasteiger partial charge in [0.05, 0.1) is 13.7 Å². The number of rotatable bonds is 6. The van der Waals surface area contributed by atoms with E-state index in [4.69, 9.17) is 9.26 Å². The number of nitrogens with one attached hydrogen (secondary N) is 1. The van der Waals surface area contributed by atoms with Crippen LogP contribution in [0.15, 0.2) is 83.4 Å². The first-order valence-corrected chi connectivity index (χ1v) is 9.14.